The minimum Gasteiger partial charge on any atom is -0.434 e. The van der Waals surface area contributed by atoms with Crippen LogP contribution in [0.25, 0.3) is 0 Å². The summed E-state index contributed by atoms with van der Waals surface area (Å²) in [7, 11) is 2.26. The van der Waals surface area contributed by atoms with E-state index in [-0.39, 0.29) is 0 Å². The van der Waals surface area contributed by atoms with Crippen LogP contribution in [0.1, 0.15) is 252 Å². The van der Waals surface area contributed by atoms with Crippen molar-refractivity contribution in [3.8, 4) is 0 Å². The van der Waals surface area contributed by atoms with Crippen molar-refractivity contribution in [2.75, 3.05) is 46.4 Å². The number of carbonyl (C=O) groups excluding carboxylic acids is 2. The first-order valence-corrected chi connectivity index (χ1v) is 24.3. The van der Waals surface area contributed by atoms with E-state index in [1.165, 1.54) is 206 Å². The number of rotatable bonds is 44. The van der Waals surface area contributed by atoms with Gasteiger partial charge in [0.1, 0.15) is 0 Å². The van der Waals surface area contributed by atoms with Gasteiger partial charge in [-0.2, -0.15) is 0 Å². The van der Waals surface area contributed by atoms with E-state index < -0.39 is 6.16 Å². The van der Waals surface area contributed by atoms with Gasteiger partial charge in [0, 0.05) is 19.5 Å². The zero-order chi connectivity index (χ0) is 39.4. The van der Waals surface area contributed by atoms with Crippen molar-refractivity contribution >= 4 is 12.1 Å². The third kappa shape index (κ3) is 40.4. The average molecular weight is 765 g/mol. The fourth-order valence-electron chi connectivity index (χ4n) is 7.47. The molecule has 0 atom stereocenters. The molecule has 0 aliphatic rings. The highest BCUT2D eigenvalue weighted by Crippen LogP contribution is 2.15. The quantitative estimate of drug-likeness (QED) is 0.0457. The van der Waals surface area contributed by atoms with E-state index in [4.69, 9.17) is 9.47 Å². The summed E-state index contributed by atoms with van der Waals surface area (Å²) in [6.07, 6.45) is 44.4. The second kappa shape index (κ2) is 44.4. The first kappa shape index (κ1) is 52.7. The summed E-state index contributed by atoms with van der Waals surface area (Å²) < 4.78 is 10.4. The molecule has 6 nitrogen and oxygen atoms in total. The standard InChI is InChI=1S/C48H96N2O4/c1-5-8-11-14-17-20-29-36-43-50(44-37-30-21-18-15-12-9-6-2)47(51)40-33-26-25-28-35-42-49(4)41-34-27-22-24-32-39-46-54-48(52)53-45-38-31-23-19-16-13-10-7-3/h5-46H2,1-4H3. The lowest BCUT2D eigenvalue weighted by Crippen LogP contribution is -2.32. The summed E-state index contributed by atoms with van der Waals surface area (Å²) in [5, 5.41) is 0. The van der Waals surface area contributed by atoms with Crippen molar-refractivity contribution in [1.82, 2.24) is 9.80 Å². The first-order valence-electron chi connectivity index (χ1n) is 24.3. The molecule has 0 unspecified atom stereocenters. The topological polar surface area (TPSA) is 59.1 Å². The van der Waals surface area contributed by atoms with Crippen molar-refractivity contribution < 1.29 is 19.1 Å². The van der Waals surface area contributed by atoms with Gasteiger partial charge in [0.2, 0.25) is 5.91 Å². The third-order valence-electron chi connectivity index (χ3n) is 11.2. The number of carbonyl (C=O) groups is 2. The van der Waals surface area contributed by atoms with E-state index in [0.717, 1.165) is 51.6 Å². The van der Waals surface area contributed by atoms with Gasteiger partial charge in [0.25, 0.3) is 0 Å². The van der Waals surface area contributed by atoms with Crippen LogP contribution < -0.4 is 0 Å². The highest BCUT2D eigenvalue weighted by molar-refractivity contribution is 5.76. The van der Waals surface area contributed by atoms with E-state index in [9.17, 15) is 9.59 Å². The minimum absolute atomic E-state index is 0.415. The highest BCUT2D eigenvalue weighted by atomic mass is 16.7. The van der Waals surface area contributed by atoms with Gasteiger partial charge in [-0.25, -0.2) is 4.79 Å². The Morgan fingerprint density at radius 1 is 0.352 bits per heavy atom. The van der Waals surface area contributed by atoms with E-state index in [0.29, 0.717) is 19.1 Å². The lowest BCUT2D eigenvalue weighted by atomic mass is 10.1. The average Bonchev–Trinajstić information content (AvgIpc) is 3.17. The van der Waals surface area contributed by atoms with E-state index in [1.807, 2.05) is 0 Å². The molecule has 0 aliphatic carbocycles. The Hall–Kier alpha value is -1.30. The largest absolute Gasteiger partial charge is 0.508 e. The molecule has 0 aromatic heterocycles. The molecule has 0 rings (SSSR count). The van der Waals surface area contributed by atoms with E-state index in [2.05, 4.69) is 37.6 Å². The molecule has 0 fully saturated rings. The zero-order valence-corrected chi connectivity index (χ0v) is 37.2. The van der Waals surface area contributed by atoms with Crippen molar-refractivity contribution in [3.05, 3.63) is 0 Å². The number of amides is 1. The Morgan fingerprint density at radius 3 is 0.981 bits per heavy atom. The summed E-state index contributed by atoms with van der Waals surface area (Å²) in [4.78, 5) is 29.7. The zero-order valence-electron chi connectivity index (χ0n) is 37.2. The molecule has 0 saturated heterocycles. The van der Waals surface area contributed by atoms with Crippen LogP contribution in [0.3, 0.4) is 0 Å². The van der Waals surface area contributed by atoms with Gasteiger partial charge in [-0.3, -0.25) is 4.79 Å². The predicted octanol–water partition coefficient (Wildman–Crippen LogP) is 15.0. The van der Waals surface area contributed by atoms with Gasteiger partial charge in [0.15, 0.2) is 0 Å². The molecular formula is C48H96N2O4. The fourth-order valence-corrected chi connectivity index (χ4v) is 7.47. The Kier molecular flexibility index (Phi) is 43.3. The van der Waals surface area contributed by atoms with Crippen LogP contribution in [0.5, 0.6) is 0 Å². The molecular weight excluding hydrogens is 669 g/mol. The van der Waals surface area contributed by atoms with E-state index in [1.54, 1.807) is 0 Å². The van der Waals surface area contributed by atoms with Gasteiger partial charge >= 0.3 is 6.16 Å². The molecule has 0 aromatic rings. The van der Waals surface area contributed by atoms with Crippen molar-refractivity contribution in [2.45, 2.75) is 252 Å². The van der Waals surface area contributed by atoms with Gasteiger partial charge in [-0.05, 0) is 65.1 Å². The molecule has 0 spiro atoms. The van der Waals surface area contributed by atoms with Crippen LogP contribution >= 0.6 is 0 Å². The molecule has 0 aromatic carbocycles. The van der Waals surface area contributed by atoms with Gasteiger partial charge in [-0.15, -0.1) is 0 Å². The number of unbranched alkanes of at least 4 members (excludes halogenated alkanes) is 30. The first-order chi connectivity index (χ1) is 26.5. The molecule has 322 valence electrons. The van der Waals surface area contributed by atoms with Crippen molar-refractivity contribution in [2.24, 2.45) is 0 Å². The normalized spacial score (nSPS) is 11.4. The van der Waals surface area contributed by atoms with Crippen LogP contribution in [0.4, 0.5) is 4.79 Å². The van der Waals surface area contributed by atoms with Gasteiger partial charge in [-0.1, -0.05) is 201 Å². The van der Waals surface area contributed by atoms with E-state index >= 15 is 0 Å². The number of ether oxygens (including phenoxy) is 2. The number of hydrogen-bond donors (Lipinski definition) is 0. The number of nitrogens with zero attached hydrogens (tertiary/aromatic N) is 2. The lowest BCUT2D eigenvalue weighted by molar-refractivity contribution is -0.131. The molecule has 0 bridgehead atoms. The Morgan fingerprint density at radius 2 is 0.630 bits per heavy atom. The highest BCUT2D eigenvalue weighted by Gasteiger charge is 2.13. The summed E-state index contributed by atoms with van der Waals surface area (Å²) in [6, 6.07) is 0. The van der Waals surface area contributed by atoms with Gasteiger partial charge in [0.05, 0.1) is 13.2 Å². The molecule has 0 aliphatic heterocycles. The maximum absolute atomic E-state index is 13.2. The Labute approximate surface area is 338 Å². The number of hydrogen-bond acceptors (Lipinski definition) is 5. The summed E-state index contributed by atoms with van der Waals surface area (Å²) in [6.45, 7) is 12.1. The maximum atomic E-state index is 13.2. The summed E-state index contributed by atoms with van der Waals surface area (Å²) >= 11 is 0. The predicted molar refractivity (Wildman–Crippen MR) is 235 cm³/mol. The molecule has 0 N–H and O–H groups in total. The molecule has 0 saturated carbocycles. The summed E-state index contributed by atoms with van der Waals surface area (Å²) in [5.74, 6) is 0.415. The van der Waals surface area contributed by atoms with Gasteiger partial charge < -0.3 is 19.3 Å². The van der Waals surface area contributed by atoms with Crippen molar-refractivity contribution in [3.63, 3.8) is 0 Å². The SMILES string of the molecule is CCCCCCCCCCOC(=O)OCCCCCCCCN(C)CCCCCCCC(=O)N(CCCCCCCCCC)CCCCCCCCCC. The molecule has 0 heterocycles. The molecule has 0 radical (unpaired) electrons. The van der Waals surface area contributed by atoms with Crippen LogP contribution in [0, 0.1) is 0 Å². The Bertz CT molecular complexity index is 743. The maximum Gasteiger partial charge on any atom is 0.508 e. The van der Waals surface area contributed by atoms with Crippen LogP contribution in [0.2, 0.25) is 0 Å². The second-order valence-corrected chi connectivity index (χ2v) is 16.7. The molecule has 54 heavy (non-hydrogen) atoms. The Balaban J connectivity index is 3.82. The minimum atomic E-state index is -0.494. The molecule has 1 amide bonds. The van der Waals surface area contributed by atoms with Crippen LogP contribution in [-0.4, -0.2) is 68.3 Å². The van der Waals surface area contributed by atoms with Crippen LogP contribution in [0.15, 0.2) is 0 Å². The monoisotopic (exact) mass is 765 g/mol. The second-order valence-electron chi connectivity index (χ2n) is 16.7. The lowest BCUT2D eigenvalue weighted by Gasteiger charge is -2.23. The van der Waals surface area contributed by atoms with Crippen molar-refractivity contribution in [1.29, 1.82) is 0 Å². The fraction of sp³-hybridized carbons (Fsp3) is 0.958. The smallest absolute Gasteiger partial charge is 0.434 e. The summed E-state index contributed by atoms with van der Waals surface area (Å²) in [5.41, 5.74) is 0. The van der Waals surface area contributed by atoms with Crippen LogP contribution in [-0.2, 0) is 14.3 Å². The third-order valence-corrected chi connectivity index (χ3v) is 11.2. The molecule has 6 heteroatoms.